The molecule has 0 amide bonds. The minimum atomic E-state index is -5.44. The van der Waals surface area contributed by atoms with Gasteiger partial charge in [-0.25, -0.2) is 0 Å². The highest BCUT2D eigenvalue weighted by molar-refractivity contribution is 7.88. The van der Waals surface area contributed by atoms with Gasteiger partial charge in [0.05, 0.1) is 19.8 Å². The molecule has 0 atom stereocenters. The van der Waals surface area contributed by atoms with Crippen LogP contribution in [-0.2, 0) is 53.0 Å². The molecule has 0 aliphatic carbocycles. The molecule has 2 aromatic carbocycles. The van der Waals surface area contributed by atoms with Crippen LogP contribution in [0.2, 0.25) is 10.0 Å². The van der Waals surface area contributed by atoms with Crippen molar-refractivity contribution in [2.75, 3.05) is 19.8 Å². The van der Waals surface area contributed by atoms with E-state index in [1.165, 1.54) is 0 Å². The Morgan fingerprint density at radius 1 is 0.511 bits per heavy atom. The molecule has 1 N–H and O–H groups in total. The molecule has 0 aromatic heterocycles. The van der Waals surface area contributed by atoms with E-state index in [4.69, 9.17) is 35.8 Å². The van der Waals surface area contributed by atoms with Crippen LogP contribution >= 0.6 is 23.2 Å². The molecule has 2 aromatic rings. The van der Waals surface area contributed by atoms with Crippen molar-refractivity contribution >= 4 is 63.7 Å². The van der Waals surface area contributed by atoms with E-state index in [0.29, 0.717) is 6.07 Å². The first-order valence-electron chi connectivity index (χ1n) is 13.2. The van der Waals surface area contributed by atoms with Crippen LogP contribution in [0.3, 0.4) is 0 Å². The Kier molecular flexibility index (Phi) is 11.8. The number of halogens is 2. The van der Waals surface area contributed by atoms with Gasteiger partial charge in [0.25, 0.3) is 40.5 Å². The van der Waals surface area contributed by atoms with Crippen molar-refractivity contribution in [3.05, 3.63) is 34.3 Å². The molecule has 0 unspecified atom stereocenters. The quantitative estimate of drug-likeness (QED) is 0.204. The van der Waals surface area contributed by atoms with Crippen LogP contribution in [0.1, 0.15) is 62.3 Å². The predicted octanol–water partition coefficient (Wildman–Crippen LogP) is 6.16. The zero-order valence-corrected chi connectivity index (χ0v) is 31.0. The van der Waals surface area contributed by atoms with E-state index in [9.17, 15) is 38.2 Å². The predicted molar refractivity (Wildman–Crippen MR) is 169 cm³/mol. The second kappa shape index (κ2) is 13.3. The van der Waals surface area contributed by atoms with Crippen LogP contribution in [0.4, 0.5) is 0 Å². The Balaban J connectivity index is 3.31. The van der Waals surface area contributed by atoms with Gasteiger partial charge in [0.2, 0.25) is 0 Å². The average Bonchev–Trinajstić information content (AvgIpc) is 2.83. The van der Waals surface area contributed by atoms with Gasteiger partial charge >= 0.3 is 0 Å². The van der Waals surface area contributed by atoms with Gasteiger partial charge in [-0.3, -0.25) is 17.1 Å². The summed E-state index contributed by atoms with van der Waals surface area (Å²) in [6.45, 7) is 13.5. The third-order valence-electron chi connectivity index (χ3n) is 5.34. The van der Waals surface area contributed by atoms with Crippen LogP contribution in [-0.4, -0.2) is 58.0 Å². The van der Waals surface area contributed by atoms with Crippen molar-refractivity contribution in [1.82, 2.24) is 0 Å². The smallest absolute Gasteiger partial charge is 0.282 e. The van der Waals surface area contributed by atoms with Gasteiger partial charge in [-0.2, -0.15) is 33.7 Å². The molecular weight excluding hydrogens is 715 g/mol. The summed E-state index contributed by atoms with van der Waals surface area (Å²) < 4.78 is 134. The van der Waals surface area contributed by atoms with Gasteiger partial charge in [0.1, 0.15) is 19.6 Å². The molecule has 0 radical (unpaired) electrons. The third-order valence-corrected chi connectivity index (χ3v) is 10.5. The molecule has 18 heteroatoms. The maximum Gasteiger partial charge on any atom is 0.297 e. The van der Waals surface area contributed by atoms with E-state index in [1.807, 2.05) is 0 Å². The summed E-state index contributed by atoms with van der Waals surface area (Å²) in [7, 11) is -20.6. The molecular formula is C27H38Cl2O12S4. The minimum absolute atomic E-state index is 0.435. The monoisotopic (exact) mass is 752 g/mol. The Hall–Kier alpha value is -1.34. The van der Waals surface area contributed by atoms with Crippen molar-refractivity contribution in [2.24, 2.45) is 16.2 Å². The molecule has 0 saturated carbocycles. The summed E-state index contributed by atoms with van der Waals surface area (Å²) in [5, 5.41) is -0.995. The summed E-state index contributed by atoms with van der Waals surface area (Å²) in [4.78, 5) is -4.36. The molecule has 45 heavy (non-hydrogen) atoms. The Bertz CT molecular complexity index is 1810. The molecule has 12 nitrogen and oxygen atoms in total. The number of benzene rings is 2. The van der Waals surface area contributed by atoms with Crippen LogP contribution < -0.4 is 0 Å². The van der Waals surface area contributed by atoms with Gasteiger partial charge in [0, 0.05) is 21.2 Å². The lowest BCUT2D eigenvalue weighted by molar-refractivity contribution is 0.202. The maximum atomic E-state index is 13.7. The molecule has 2 rings (SSSR count). The highest BCUT2D eigenvalue weighted by Crippen LogP contribution is 2.45. The molecule has 0 aliphatic rings. The van der Waals surface area contributed by atoms with Gasteiger partial charge < -0.3 is 0 Å². The van der Waals surface area contributed by atoms with Crippen molar-refractivity contribution < 1.29 is 50.8 Å². The zero-order valence-electron chi connectivity index (χ0n) is 26.3. The molecule has 0 heterocycles. The number of hydrogen-bond acceptors (Lipinski definition) is 11. The van der Waals surface area contributed by atoms with Crippen LogP contribution in [0.5, 0.6) is 0 Å². The summed E-state index contributed by atoms with van der Waals surface area (Å²) in [6, 6.07) is 2.87. The lowest BCUT2D eigenvalue weighted by Gasteiger charge is -2.24. The molecule has 256 valence electrons. The summed E-state index contributed by atoms with van der Waals surface area (Å²) in [5.74, 6) is 0. The van der Waals surface area contributed by atoms with Gasteiger partial charge in [-0.15, -0.1) is 0 Å². The van der Waals surface area contributed by atoms with Crippen LogP contribution in [0.15, 0.2) is 43.8 Å². The fourth-order valence-electron chi connectivity index (χ4n) is 3.36. The fourth-order valence-corrected chi connectivity index (χ4v) is 9.03. The van der Waals surface area contributed by atoms with Gasteiger partial charge in [0.15, 0.2) is 0 Å². The molecule has 0 saturated heterocycles. The second-order valence-electron chi connectivity index (χ2n) is 13.9. The molecule has 0 bridgehead atoms. The Labute approximate surface area is 276 Å². The van der Waals surface area contributed by atoms with Crippen LogP contribution in [0.25, 0.3) is 11.1 Å². The van der Waals surface area contributed by atoms with Crippen molar-refractivity contribution in [3.8, 4) is 11.1 Å². The molecule has 0 fully saturated rings. The number of hydrogen-bond donors (Lipinski definition) is 1. The minimum Gasteiger partial charge on any atom is -0.282 e. The summed E-state index contributed by atoms with van der Waals surface area (Å²) in [6.07, 6.45) is 0. The van der Waals surface area contributed by atoms with Crippen molar-refractivity contribution in [3.63, 3.8) is 0 Å². The Morgan fingerprint density at radius 3 is 0.956 bits per heavy atom. The summed E-state index contributed by atoms with van der Waals surface area (Å²) >= 11 is 12.3. The molecule has 0 aliphatic heterocycles. The zero-order chi connectivity index (χ0) is 35.2. The topological polar surface area (TPSA) is 184 Å². The van der Waals surface area contributed by atoms with E-state index in [-0.39, 0.29) is 0 Å². The van der Waals surface area contributed by atoms with E-state index < -0.39 is 117 Å². The maximum absolute atomic E-state index is 13.7. The fraction of sp³-hybridized carbons (Fsp3) is 0.556. The normalized spacial score (nSPS) is 14.1. The Morgan fingerprint density at radius 2 is 0.733 bits per heavy atom. The average molecular weight is 754 g/mol. The van der Waals surface area contributed by atoms with Crippen molar-refractivity contribution in [1.29, 1.82) is 0 Å². The van der Waals surface area contributed by atoms with E-state index >= 15 is 0 Å². The van der Waals surface area contributed by atoms with Crippen molar-refractivity contribution in [2.45, 2.75) is 81.9 Å². The lowest BCUT2D eigenvalue weighted by atomic mass is 9.99. The second-order valence-corrected chi connectivity index (χ2v) is 20.9. The van der Waals surface area contributed by atoms with Gasteiger partial charge in [-0.1, -0.05) is 85.5 Å². The van der Waals surface area contributed by atoms with Crippen LogP contribution in [0, 0.1) is 16.2 Å². The first-order chi connectivity index (χ1) is 19.9. The third kappa shape index (κ3) is 11.1. The van der Waals surface area contributed by atoms with Gasteiger partial charge in [-0.05, 0) is 40.5 Å². The molecule has 0 spiro atoms. The van der Waals surface area contributed by atoms with E-state index in [0.717, 1.165) is 18.2 Å². The first-order valence-corrected chi connectivity index (χ1v) is 19.6. The standard InChI is InChI=1S/C27H38Cl2O12S4/c1-25(2,3)14-39-43(33,34)20-11-17(28)10-19(42(30,31)32)23(20)24-21(44(35,36)40-15-26(4,5)6)12-18(29)13-22(24)45(37,38)41-16-27(7,8)9/h10-13H,14-16H2,1-9H3,(H,30,31,32). The highest BCUT2D eigenvalue weighted by Gasteiger charge is 2.38. The largest absolute Gasteiger partial charge is 0.297 e. The summed E-state index contributed by atoms with van der Waals surface area (Å²) in [5.41, 5.74) is -4.34. The first kappa shape index (κ1) is 39.8. The lowest BCUT2D eigenvalue weighted by Crippen LogP contribution is -2.23. The SMILES string of the molecule is CC(C)(C)COS(=O)(=O)c1cc(Cl)cc(S(=O)(=O)O)c1-c1c(S(=O)(=O)OCC(C)(C)C)cc(Cl)cc1S(=O)(=O)OCC(C)(C)C. The number of rotatable bonds is 11. The van der Waals surface area contributed by atoms with E-state index in [1.54, 1.807) is 62.3 Å². The highest BCUT2D eigenvalue weighted by atomic mass is 35.5. The van der Waals surface area contributed by atoms with E-state index in [2.05, 4.69) is 0 Å².